The van der Waals surface area contributed by atoms with Crippen LogP contribution in [0, 0.1) is 0 Å². The SMILES string of the molecule is COc1ccc(C2(CNC(=O)CCc3ncc(-c4ccccc4Cl)o3)CCOCC2)cc1. The van der Waals surface area contributed by atoms with Crippen molar-refractivity contribution in [2.45, 2.75) is 31.1 Å². The summed E-state index contributed by atoms with van der Waals surface area (Å²) in [5.74, 6) is 1.92. The van der Waals surface area contributed by atoms with E-state index in [0.29, 0.717) is 49.3 Å². The van der Waals surface area contributed by atoms with Gasteiger partial charge in [0.15, 0.2) is 11.7 Å². The second-order valence-electron chi connectivity index (χ2n) is 8.00. The van der Waals surface area contributed by atoms with E-state index in [0.717, 1.165) is 24.2 Å². The van der Waals surface area contributed by atoms with E-state index in [4.69, 9.17) is 25.5 Å². The van der Waals surface area contributed by atoms with Gasteiger partial charge in [-0.25, -0.2) is 4.98 Å². The Morgan fingerprint density at radius 1 is 1.16 bits per heavy atom. The Morgan fingerprint density at radius 2 is 1.91 bits per heavy atom. The van der Waals surface area contributed by atoms with Crippen LogP contribution in [0.25, 0.3) is 11.3 Å². The summed E-state index contributed by atoms with van der Waals surface area (Å²) in [6.45, 7) is 1.93. The summed E-state index contributed by atoms with van der Waals surface area (Å²) in [6.07, 6.45) is 4.10. The number of amides is 1. The highest BCUT2D eigenvalue weighted by Gasteiger charge is 2.34. The smallest absolute Gasteiger partial charge is 0.220 e. The molecule has 6 nitrogen and oxygen atoms in total. The number of oxazole rings is 1. The van der Waals surface area contributed by atoms with Gasteiger partial charge in [-0.15, -0.1) is 0 Å². The number of ether oxygens (including phenoxy) is 2. The van der Waals surface area contributed by atoms with Gasteiger partial charge < -0.3 is 19.2 Å². The van der Waals surface area contributed by atoms with Crippen molar-refractivity contribution >= 4 is 17.5 Å². The van der Waals surface area contributed by atoms with E-state index in [-0.39, 0.29) is 11.3 Å². The number of nitrogens with one attached hydrogen (secondary N) is 1. The second-order valence-corrected chi connectivity index (χ2v) is 8.40. The Bertz CT molecular complexity index is 1040. The van der Waals surface area contributed by atoms with Crippen LogP contribution in [0.1, 0.15) is 30.7 Å². The third kappa shape index (κ3) is 5.14. The zero-order valence-corrected chi connectivity index (χ0v) is 18.9. The molecule has 7 heteroatoms. The fourth-order valence-corrected chi connectivity index (χ4v) is 4.29. The molecule has 4 rings (SSSR count). The molecule has 1 saturated heterocycles. The van der Waals surface area contributed by atoms with E-state index in [2.05, 4.69) is 22.4 Å². The first kappa shape index (κ1) is 22.4. The highest BCUT2D eigenvalue weighted by molar-refractivity contribution is 6.33. The predicted octanol–water partition coefficient (Wildman–Crippen LogP) is 4.80. The van der Waals surface area contributed by atoms with Crippen molar-refractivity contribution in [2.24, 2.45) is 0 Å². The van der Waals surface area contributed by atoms with E-state index in [1.54, 1.807) is 13.3 Å². The van der Waals surface area contributed by atoms with Crippen molar-refractivity contribution < 1.29 is 18.7 Å². The van der Waals surface area contributed by atoms with Crippen molar-refractivity contribution in [3.05, 3.63) is 71.2 Å². The molecule has 1 amide bonds. The number of methoxy groups -OCH3 is 1. The van der Waals surface area contributed by atoms with Gasteiger partial charge in [0, 0.05) is 43.6 Å². The van der Waals surface area contributed by atoms with Crippen LogP contribution in [0.4, 0.5) is 0 Å². The maximum absolute atomic E-state index is 12.6. The number of carbonyl (C=O) groups excluding carboxylic acids is 1. The van der Waals surface area contributed by atoms with Crippen LogP contribution in [0.15, 0.2) is 59.1 Å². The average molecular weight is 455 g/mol. The lowest BCUT2D eigenvalue weighted by atomic mass is 9.74. The van der Waals surface area contributed by atoms with Crippen LogP contribution in [0.2, 0.25) is 5.02 Å². The molecule has 1 aliphatic heterocycles. The quantitative estimate of drug-likeness (QED) is 0.529. The second kappa shape index (κ2) is 10.2. The molecule has 0 aliphatic carbocycles. The van der Waals surface area contributed by atoms with Gasteiger partial charge in [0.05, 0.1) is 18.3 Å². The molecule has 2 heterocycles. The Kier molecular flexibility index (Phi) is 7.12. The fourth-order valence-electron chi connectivity index (χ4n) is 4.06. The molecule has 0 bridgehead atoms. The molecular formula is C25H27ClN2O4. The molecule has 3 aromatic rings. The van der Waals surface area contributed by atoms with E-state index >= 15 is 0 Å². The van der Waals surface area contributed by atoms with Crippen LogP contribution in [-0.4, -0.2) is 37.8 Å². The van der Waals surface area contributed by atoms with Gasteiger partial charge in [-0.2, -0.15) is 0 Å². The van der Waals surface area contributed by atoms with Gasteiger partial charge >= 0.3 is 0 Å². The van der Waals surface area contributed by atoms with Gasteiger partial charge in [0.25, 0.3) is 0 Å². The third-order valence-electron chi connectivity index (χ3n) is 6.04. The van der Waals surface area contributed by atoms with Crippen LogP contribution >= 0.6 is 11.6 Å². The summed E-state index contributed by atoms with van der Waals surface area (Å²) in [5.41, 5.74) is 1.85. The molecule has 1 aromatic heterocycles. The number of rotatable bonds is 8. The van der Waals surface area contributed by atoms with E-state index in [1.807, 2.05) is 36.4 Å². The largest absolute Gasteiger partial charge is 0.497 e. The number of nitrogens with zero attached hydrogens (tertiary/aromatic N) is 1. The molecule has 168 valence electrons. The summed E-state index contributed by atoms with van der Waals surface area (Å²) in [6, 6.07) is 15.5. The number of hydrogen-bond donors (Lipinski definition) is 1. The molecule has 0 unspecified atom stereocenters. The van der Waals surface area contributed by atoms with Gasteiger partial charge in [-0.3, -0.25) is 4.79 Å². The maximum atomic E-state index is 12.6. The van der Waals surface area contributed by atoms with Gasteiger partial charge in [0.1, 0.15) is 5.75 Å². The Labute approximate surface area is 192 Å². The van der Waals surface area contributed by atoms with Crippen LogP contribution in [0.3, 0.4) is 0 Å². The average Bonchev–Trinajstić information content (AvgIpc) is 3.31. The minimum absolute atomic E-state index is 0.0260. The highest BCUT2D eigenvalue weighted by Crippen LogP contribution is 2.35. The monoisotopic (exact) mass is 454 g/mol. The minimum Gasteiger partial charge on any atom is -0.497 e. The van der Waals surface area contributed by atoms with Crippen LogP contribution in [-0.2, 0) is 21.4 Å². The number of halogens is 1. The Hall–Kier alpha value is -2.83. The molecule has 1 aliphatic rings. The molecule has 32 heavy (non-hydrogen) atoms. The number of benzene rings is 2. The third-order valence-corrected chi connectivity index (χ3v) is 6.36. The Morgan fingerprint density at radius 3 is 2.62 bits per heavy atom. The summed E-state index contributed by atoms with van der Waals surface area (Å²) < 4.78 is 16.7. The standard InChI is InChI=1S/C25H27ClN2O4/c1-30-19-8-6-18(7-9-19)25(12-14-31-15-13-25)17-28-23(29)10-11-24-27-16-22(32-24)20-4-2-3-5-21(20)26/h2-9,16H,10-15,17H2,1H3,(H,28,29). The topological polar surface area (TPSA) is 73.6 Å². The van der Waals surface area contributed by atoms with Crippen molar-refractivity contribution in [1.82, 2.24) is 10.3 Å². The predicted molar refractivity (Wildman–Crippen MR) is 123 cm³/mol. The van der Waals surface area contributed by atoms with Crippen LogP contribution < -0.4 is 10.1 Å². The lowest BCUT2D eigenvalue weighted by Crippen LogP contribution is -2.44. The first-order chi connectivity index (χ1) is 15.6. The van der Waals surface area contributed by atoms with Gasteiger partial charge in [-0.1, -0.05) is 35.9 Å². The summed E-state index contributed by atoms with van der Waals surface area (Å²) in [4.78, 5) is 16.9. The van der Waals surface area contributed by atoms with Gasteiger partial charge in [-0.05, 0) is 42.7 Å². The lowest BCUT2D eigenvalue weighted by molar-refractivity contribution is -0.121. The first-order valence-corrected chi connectivity index (χ1v) is 11.2. The van der Waals surface area contributed by atoms with Crippen molar-refractivity contribution in [1.29, 1.82) is 0 Å². The van der Waals surface area contributed by atoms with E-state index < -0.39 is 0 Å². The zero-order chi connectivity index (χ0) is 22.4. The molecule has 2 aromatic carbocycles. The lowest BCUT2D eigenvalue weighted by Gasteiger charge is -2.38. The maximum Gasteiger partial charge on any atom is 0.220 e. The van der Waals surface area contributed by atoms with Crippen molar-refractivity contribution in [3.8, 4) is 17.1 Å². The highest BCUT2D eigenvalue weighted by atomic mass is 35.5. The molecule has 1 N–H and O–H groups in total. The number of aryl methyl sites for hydroxylation is 1. The van der Waals surface area contributed by atoms with E-state index in [9.17, 15) is 4.79 Å². The number of hydrogen-bond acceptors (Lipinski definition) is 5. The van der Waals surface area contributed by atoms with Crippen molar-refractivity contribution in [3.63, 3.8) is 0 Å². The molecule has 0 atom stereocenters. The molecular weight excluding hydrogens is 428 g/mol. The van der Waals surface area contributed by atoms with Crippen molar-refractivity contribution in [2.75, 3.05) is 26.9 Å². The summed E-state index contributed by atoms with van der Waals surface area (Å²) >= 11 is 6.22. The fraction of sp³-hybridized carbons (Fsp3) is 0.360. The normalized spacial score (nSPS) is 15.3. The molecule has 0 radical (unpaired) electrons. The molecule has 0 saturated carbocycles. The van der Waals surface area contributed by atoms with Gasteiger partial charge in [0.2, 0.25) is 5.91 Å². The van der Waals surface area contributed by atoms with Crippen LogP contribution in [0.5, 0.6) is 5.75 Å². The minimum atomic E-state index is -0.139. The summed E-state index contributed by atoms with van der Waals surface area (Å²) in [5, 5.41) is 3.73. The number of aromatic nitrogens is 1. The van der Waals surface area contributed by atoms with E-state index in [1.165, 1.54) is 5.56 Å². The zero-order valence-electron chi connectivity index (χ0n) is 18.1. The summed E-state index contributed by atoms with van der Waals surface area (Å²) in [7, 11) is 1.66. The Balaban J connectivity index is 1.35. The molecule has 0 spiro atoms. The number of carbonyl (C=O) groups is 1. The first-order valence-electron chi connectivity index (χ1n) is 10.8. The molecule has 1 fully saturated rings.